The van der Waals surface area contributed by atoms with Gasteiger partial charge in [0.15, 0.2) is 0 Å². The van der Waals surface area contributed by atoms with Gasteiger partial charge in [-0.1, -0.05) is 20.8 Å². The van der Waals surface area contributed by atoms with E-state index in [2.05, 4.69) is 20.8 Å². The van der Waals surface area contributed by atoms with Crippen molar-refractivity contribution >= 4 is 5.91 Å². The van der Waals surface area contributed by atoms with Crippen molar-refractivity contribution < 1.29 is 4.79 Å². The van der Waals surface area contributed by atoms with Gasteiger partial charge in [0.25, 0.3) is 0 Å². The minimum absolute atomic E-state index is 0.0942. The SMILES string of the molecule is CN1CCC(C(C)(C)C)CC(N)C1=O. The van der Waals surface area contributed by atoms with Gasteiger partial charge in [-0.25, -0.2) is 0 Å². The first-order valence-corrected chi connectivity index (χ1v) is 5.33. The first-order chi connectivity index (χ1) is 6.32. The van der Waals surface area contributed by atoms with Gasteiger partial charge in [0.1, 0.15) is 0 Å². The number of hydrogen-bond donors (Lipinski definition) is 1. The van der Waals surface area contributed by atoms with Gasteiger partial charge in [0.2, 0.25) is 5.91 Å². The van der Waals surface area contributed by atoms with Crippen LogP contribution in [0.15, 0.2) is 0 Å². The van der Waals surface area contributed by atoms with Gasteiger partial charge in [-0.05, 0) is 24.2 Å². The predicted octanol–water partition coefficient (Wildman–Crippen LogP) is 1.23. The van der Waals surface area contributed by atoms with Crippen molar-refractivity contribution in [2.24, 2.45) is 17.1 Å². The van der Waals surface area contributed by atoms with E-state index < -0.39 is 0 Å². The molecule has 1 heterocycles. The van der Waals surface area contributed by atoms with Gasteiger partial charge in [0.05, 0.1) is 6.04 Å². The maximum absolute atomic E-state index is 11.6. The Kier molecular flexibility index (Phi) is 3.20. The van der Waals surface area contributed by atoms with Crippen molar-refractivity contribution in [1.82, 2.24) is 4.90 Å². The molecule has 1 amide bonds. The summed E-state index contributed by atoms with van der Waals surface area (Å²) in [6.45, 7) is 7.51. The molecule has 3 heteroatoms. The third-order valence-electron chi connectivity index (χ3n) is 3.27. The largest absolute Gasteiger partial charge is 0.344 e. The summed E-state index contributed by atoms with van der Waals surface area (Å²) in [6.07, 6.45) is 1.89. The first kappa shape index (κ1) is 11.5. The Balaban J connectivity index is 2.73. The summed E-state index contributed by atoms with van der Waals surface area (Å²) in [5, 5.41) is 0. The maximum Gasteiger partial charge on any atom is 0.239 e. The van der Waals surface area contributed by atoms with Crippen molar-refractivity contribution in [3.05, 3.63) is 0 Å². The molecule has 2 N–H and O–H groups in total. The van der Waals surface area contributed by atoms with E-state index in [0.717, 1.165) is 19.4 Å². The van der Waals surface area contributed by atoms with E-state index in [1.54, 1.807) is 4.90 Å². The minimum atomic E-state index is -0.299. The Labute approximate surface area is 86.6 Å². The van der Waals surface area contributed by atoms with Gasteiger partial charge in [-0.3, -0.25) is 4.79 Å². The summed E-state index contributed by atoms with van der Waals surface area (Å²) in [4.78, 5) is 13.4. The number of nitrogens with two attached hydrogens (primary N) is 1. The highest BCUT2D eigenvalue weighted by atomic mass is 16.2. The summed E-state index contributed by atoms with van der Waals surface area (Å²) in [5.41, 5.74) is 6.12. The van der Waals surface area contributed by atoms with Crippen LogP contribution < -0.4 is 5.73 Å². The molecule has 2 atom stereocenters. The maximum atomic E-state index is 11.6. The Hall–Kier alpha value is -0.570. The zero-order valence-electron chi connectivity index (χ0n) is 9.71. The molecule has 0 aliphatic carbocycles. The number of likely N-dealkylation sites (N-methyl/N-ethyl adjacent to an activating group) is 1. The molecule has 0 saturated carbocycles. The molecule has 0 aromatic rings. The van der Waals surface area contributed by atoms with Crippen LogP contribution in [0, 0.1) is 11.3 Å². The van der Waals surface area contributed by atoms with Crippen LogP contribution in [0.5, 0.6) is 0 Å². The van der Waals surface area contributed by atoms with E-state index in [4.69, 9.17) is 5.73 Å². The molecule has 0 aromatic carbocycles. The lowest BCUT2D eigenvalue weighted by Crippen LogP contribution is -2.40. The molecule has 0 radical (unpaired) electrons. The van der Waals surface area contributed by atoms with E-state index in [1.807, 2.05) is 7.05 Å². The number of carbonyl (C=O) groups excluding carboxylic acids is 1. The van der Waals surface area contributed by atoms with E-state index in [-0.39, 0.29) is 17.4 Å². The Bertz CT molecular complexity index is 220. The summed E-state index contributed by atoms with van der Waals surface area (Å²) in [6, 6.07) is -0.299. The lowest BCUT2D eigenvalue weighted by atomic mass is 9.76. The number of carbonyl (C=O) groups is 1. The van der Waals surface area contributed by atoms with Crippen LogP contribution in [-0.2, 0) is 4.79 Å². The average Bonchev–Trinajstić information content (AvgIpc) is 2.17. The molecule has 0 aromatic heterocycles. The second kappa shape index (κ2) is 3.89. The van der Waals surface area contributed by atoms with Crippen molar-refractivity contribution in [1.29, 1.82) is 0 Å². The summed E-state index contributed by atoms with van der Waals surface area (Å²) >= 11 is 0. The average molecular weight is 198 g/mol. The fourth-order valence-corrected chi connectivity index (χ4v) is 2.05. The molecule has 1 aliphatic rings. The number of hydrogen-bond acceptors (Lipinski definition) is 2. The van der Waals surface area contributed by atoms with Crippen LogP contribution in [0.3, 0.4) is 0 Å². The first-order valence-electron chi connectivity index (χ1n) is 5.33. The number of likely N-dealkylation sites (tertiary alicyclic amines) is 1. The highest BCUT2D eigenvalue weighted by Crippen LogP contribution is 2.33. The van der Waals surface area contributed by atoms with Crippen molar-refractivity contribution in [2.75, 3.05) is 13.6 Å². The fourth-order valence-electron chi connectivity index (χ4n) is 2.05. The molecule has 3 nitrogen and oxygen atoms in total. The number of rotatable bonds is 0. The van der Waals surface area contributed by atoms with Gasteiger partial charge >= 0.3 is 0 Å². The molecule has 1 saturated heterocycles. The molecular weight excluding hydrogens is 176 g/mol. The van der Waals surface area contributed by atoms with Gasteiger partial charge in [-0.2, -0.15) is 0 Å². The molecule has 1 fully saturated rings. The topological polar surface area (TPSA) is 46.3 Å². The quantitative estimate of drug-likeness (QED) is 0.636. The van der Waals surface area contributed by atoms with E-state index in [0.29, 0.717) is 5.92 Å². The van der Waals surface area contributed by atoms with Gasteiger partial charge < -0.3 is 10.6 Å². The van der Waals surface area contributed by atoms with Gasteiger partial charge in [-0.15, -0.1) is 0 Å². The zero-order valence-corrected chi connectivity index (χ0v) is 9.71. The summed E-state index contributed by atoms with van der Waals surface area (Å²) < 4.78 is 0. The van der Waals surface area contributed by atoms with E-state index in [9.17, 15) is 4.79 Å². The van der Waals surface area contributed by atoms with Crippen molar-refractivity contribution in [3.63, 3.8) is 0 Å². The van der Waals surface area contributed by atoms with Crippen LogP contribution in [0.4, 0.5) is 0 Å². The zero-order chi connectivity index (χ0) is 10.9. The smallest absolute Gasteiger partial charge is 0.239 e. The summed E-state index contributed by atoms with van der Waals surface area (Å²) in [7, 11) is 1.84. The lowest BCUT2D eigenvalue weighted by Gasteiger charge is -2.30. The van der Waals surface area contributed by atoms with E-state index >= 15 is 0 Å². The third kappa shape index (κ3) is 2.47. The minimum Gasteiger partial charge on any atom is -0.344 e. The fraction of sp³-hybridized carbons (Fsp3) is 0.909. The summed E-state index contributed by atoms with van der Waals surface area (Å²) in [5.74, 6) is 0.642. The Morgan fingerprint density at radius 1 is 1.43 bits per heavy atom. The van der Waals surface area contributed by atoms with Crippen LogP contribution in [0.1, 0.15) is 33.6 Å². The molecule has 1 aliphatic heterocycles. The van der Waals surface area contributed by atoms with Crippen LogP contribution in [0.25, 0.3) is 0 Å². The second-order valence-electron chi connectivity index (χ2n) is 5.45. The van der Waals surface area contributed by atoms with Crippen molar-refractivity contribution in [2.45, 2.75) is 39.7 Å². The standard InChI is InChI=1S/C11H22N2O/c1-11(2,3)8-5-6-13(4)10(14)9(12)7-8/h8-9H,5-7,12H2,1-4H3. The molecule has 0 spiro atoms. The van der Waals surface area contributed by atoms with Crippen LogP contribution in [0.2, 0.25) is 0 Å². The second-order valence-corrected chi connectivity index (χ2v) is 5.45. The number of amides is 1. The Morgan fingerprint density at radius 2 is 2.00 bits per heavy atom. The molecule has 82 valence electrons. The molecular formula is C11H22N2O. The van der Waals surface area contributed by atoms with Crippen molar-refractivity contribution in [3.8, 4) is 0 Å². The third-order valence-corrected chi connectivity index (χ3v) is 3.27. The molecule has 0 bridgehead atoms. The lowest BCUT2D eigenvalue weighted by molar-refractivity contribution is -0.130. The molecule has 2 unspecified atom stereocenters. The molecule has 1 rings (SSSR count). The monoisotopic (exact) mass is 198 g/mol. The number of nitrogens with zero attached hydrogens (tertiary/aromatic N) is 1. The Morgan fingerprint density at radius 3 is 2.50 bits per heavy atom. The van der Waals surface area contributed by atoms with Crippen LogP contribution >= 0.6 is 0 Å². The van der Waals surface area contributed by atoms with Gasteiger partial charge in [0, 0.05) is 13.6 Å². The normalized spacial score (nSPS) is 30.4. The highest BCUT2D eigenvalue weighted by Gasteiger charge is 2.32. The van der Waals surface area contributed by atoms with E-state index in [1.165, 1.54) is 0 Å². The van der Waals surface area contributed by atoms with Crippen LogP contribution in [-0.4, -0.2) is 30.4 Å². The predicted molar refractivity (Wildman–Crippen MR) is 57.8 cm³/mol. The molecule has 14 heavy (non-hydrogen) atoms. The highest BCUT2D eigenvalue weighted by molar-refractivity contribution is 5.81.